The van der Waals surface area contributed by atoms with Gasteiger partial charge in [0.15, 0.2) is 0 Å². The minimum Gasteiger partial charge on any atom is -0.480 e. The van der Waals surface area contributed by atoms with Gasteiger partial charge in [-0.2, -0.15) is 5.10 Å². The van der Waals surface area contributed by atoms with E-state index in [0.29, 0.717) is 12.8 Å². The highest BCUT2D eigenvalue weighted by Gasteiger charge is 2.21. The normalized spacial score (nSPS) is 11.8. The summed E-state index contributed by atoms with van der Waals surface area (Å²) in [5.41, 5.74) is 1.04. The number of nitrogens with zero attached hydrogens (tertiary/aromatic N) is 1. The summed E-state index contributed by atoms with van der Waals surface area (Å²) < 4.78 is 0. The molecule has 0 saturated heterocycles. The number of carboxylic acids is 1. The Bertz CT molecular complexity index is 440. The Morgan fingerprint density at radius 2 is 2.39 bits per heavy atom. The molecule has 0 saturated carbocycles. The van der Waals surface area contributed by atoms with Gasteiger partial charge < -0.3 is 10.4 Å². The third-order valence-corrected chi connectivity index (χ3v) is 2.51. The van der Waals surface area contributed by atoms with Crippen LogP contribution in [0.25, 0.3) is 0 Å². The fraction of sp³-hybridized carbons (Fsp3) is 0.417. The summed E-state index contributed by atoms with van der Waals surface area (Å²) in [4.78, 5) is 22.7. The highest BCUT2D eigenvalue weighted by atomic mass is 16.4. The van der Waals surface area contributed by atoms with Crippen molar-refractivity contribution in [3.8, 4) is 0 Å². The number of amides is 1. The maximum atomic E-state index is 11.8. The molecule has 0 aliphatic carbocycles. The molecule has 1 atom stereocenters. The first-order chi connectivity index (χ1) is 8.58. The zero-order chi connectivity index (χ0) is 13.5. The summed E-state index contributed by atoms with van der Waals surface area (Å²) in [6, 6.07) is 0.694. The molecule has 3 N–H and O–H groups in total. The van der Waals surface area contributed by atoms with Crippen molar-refractivity contribution < 1.29 is 14.7 Å². The van der Waals surface area contributed by atoms with Crippen LogP contribution >= 0.6 is 0 Å². The van der Waals surface area contributed by atoms with E-state index in [4.69, 9.17) is 5.11 Å². The third kappa shape index (κ3) is 3.73. The summed E-state index contributed by atoms with van der Waals surface area (Å²) in [5, 5.41) is 17.9. The number of nitrogens with one attached hydrogen (secondary N) is 2. The Morgan fingerprint density at radius 1 is 1.67 bits per heavy atom. The van der Waals surface area contributed by atoms with Gasteiger partial charge in [0, 0.05) is 5.69 Å². The first-order valence-electron chi connectivity index (χ1n) is 5.77. The van der Waals surface area contributed by atoms with Crippen LogP contribution in [0.1, 0.15) is 35.9 Å². The lowest BCUT2D eigenvalue weighted by Gasteiger charge is -2.12. The van der Waals surface area contributed by atoms with Gasteiger partial charge in [-0.25, -0.2) is 4.79 Å². The number of carboxylic acid groups (broad SMARTS) is 1. The first-order valence-corrected chi connectivity index (χ1v) is 5.77. The number of allylic oxidation sites excluding steroid dienone is 1. The topological polar surface area (TPSA) is 95.1 Å². The fourth-order valence-electron chi connectivity index (χ4n) is 1.43. The van der Waals surface area contributed by atoms with Crippen molar-refractivity contribution in [3.05, 3.63) is 30.1 Å². The lowest BCUT2D eigenvalue weighted by Crippen LogP contribution is -2.40. The van der Waals surface area contributed by atoms with Gasteiger partial charge in [0.05, 0.1) is 0 Å². The Hall–Kier alpha value is -2.11. The van der Waals surface area contributed by atoms with E-state index in [0.717, 1.165) is 12.1 Å². The first kappa shape index (κ1) is 14.0. The minimum absolute atomic E-state index is 0.205. The zero-order valence-corrected chi connectivity index (χ0v) is 10.3. The molecule has 1 rings (SSSR count). The number of carbonyl (C=O) groups excluding carboxylic acids is 1. The number of hydrogen-bond donors (Lipinski definition) is 3. The van der Waals surface area contributed by atoms with E-state index in [1.54, 1.807) is 12.1 Å². The van der Waals surface area contributed by atoms with E-state index >= 15 is 0 Å². The molecule has 0 fully saturated rings. The molecule has 1 aromatic rings. The standard InChI is InChI=1S/C12H17N3O3/c1-3-5-6-9(12(17)18)13-11(16)10-7-8(4-2)14-15-10/h3,7,9H,1,4-6H2,2H3,(H,13,16)(H,14,15)(H,17,18). The number of aliphatic carboxylic acids is 1. The molecule has 0 spiro atoms. The third-order valence-electron chi connectivity index (χ3n) is 2.51. The maximum absolute atomic E-state index is 11.8. The number of aromatic amines is 1. The predicted molar refractivity (Wildman–Crippen MR) is 66.3 cm³/mol. The molecular weight excluding hydrogens is 234 g/mol. The monoisotopic (exact) mass is 251 g/mol. The zero-order valence-electron chi connectivity index (χ0n) is 10.3. The largest absolute Gasteiger partial charge is 0.480 e. The van der Waals surface area contributed by atoms with Crippen molar-refractivity contribution in [1.29, 1.82) is 0 Å². The van der Waals surface area contributed by atoms with Crippen molar-refractivity contribution in [1.82, 2.24) is 15.5 Å². The predicted octanol–water partition coefficient (Wildman–Crippen LogP) is 1.12. The van der Waals surface area contributed by atoms with Crippen LogP contribution in [0.2, 0.25) is 0 Å². The number of H-pyrrole nitrogens is 1. The molecule has 6 heteroatoms. The molecule has 1 aromatic heterocycles. The van der Waals surface area contributed by atoms with Crippen molar-refractivity contribution in [3.63, 3.8) is 0 Å². The number of carbonyl (C=O) groups is 2. The van der Waals surface area contributed by atoms with Crippen LogP contribution in [-0.4, -0.2) is 33.2 Å². The molecule has 0 aromatic carbocycles. The Labute approximate surface area is 105 Å². The van der Waals surface area contributed by atoms with Crippen LogP contribution in [0.15, 0.2) is 18.7 Å². The molecule has 1 unspecified atom stereocenters. The maximum Gasteiger partial charge on any atom is 0.326 e. The van der Waals surface area contributed by atoms with E-state index in [9.17, 15) is 9.59 Å². The number of aryl methyl sites for hydroxylation is 1. The van der Waals surface area contributed by atoms with Gasteiger partial charge in [-0.1, -0.05) is 13.0 Å². The van der Waals surface area contributed by atoms with Gasteiger partial charge in [-0.3, -0.25) is 9.89 Å². The highest BCUT2D eigenvalue weighted by molar-refractivity contribution is 5.95. The van der Waals surface area contributed by atoms with Gasteiger partial charge >= 0.3 is 5.97 Å². The average Bonchev–Trinajstić information content (AvgIpc) is 2.82. The quantitative estimate of drug-likeness (QED) is 0.633. The van der Waals surface area contributed by atoms with Crippen LogP contribution in [0.5, 0.6) is 0 Å². The molecular formula is C12H17N3O3. The Morgan fingerprint density at radius 3 is 2.89 bits per heavy atom. The van der Waals surface area contributed by atoms with Crippen LogP contribution in [0.3, 0.4) is 0 Å². The van der Waals surface area contributed by atoms with Crippen molar-refractivity contribution in [2.24, 2.45) is 0 Å². The van der Waals surface area contributed by atoms with Gasteiger partial charge in [-0.05, 0) is 25.3 Å². The second kappa shape index (κ2) is 6.58. The van der Waals surface area contributed by atoms with Crippen molar-refractivity contribution in [2.75, 3.05) is 0 Å². The molecule has 0 radical (unpaired) electrons. The van der Waals surface area contributed by atoms with E-state index in [1.807, 2.05) is 6.92 Å². The van der Waals surface area contributed by atoms with Crippen LogP contribution in [-0.2, 0) is 11.2 Å². The Balaban J connectivity index is 2.65. The molecule has 0 bridgehead atoms. The molecule has 1 heterocycles. The van der Waals surface area contributed by atoms with Gasteiger partial charge in [0.1, 0.15) is 11.7 Å². The average molecular weight is 251 g/mol. The molecule has 0 aliphatic heterocycles. The smallest absolute Gasteiger partial charge is 0.326 e. The van der Waals surface area contributed by atoms with Crippen molar-refractivity contribution >= 4 is 11.9 Å². The van der Waals surface area contributed by atoms with Gasteiger partial charge in [0.2, 0.25) is 0 Å². The minimum atomic E-state index is -1.06. The summed E-state index contributed by atoms with van der Waals surface area (Å²) in [7, 11) is 0. The summed E-state index contributed by atoms with van der Waals surface area (Å²) in [5.74, 6) is -1.54. The molecule has 6 nitrogen and oxygen atoms in total. The van der Waals surface area contributed by atoms with Crippen LogP contribution in [0, 0.1) is 0 Å². The van der Waals surface area contributed by atoms with E-state index in [1.165, 1.54) is 0 Å². The van der Waals surface area contributed by atoms with E-state index < -0.39 is 17.9 Å². The number of aromatic nitrogens is 2. The van der Waals surface area contributed by atoms with Crippen LogP contribution in [0.4, 0.5) is 0 Å². The highest BCUT2D eigenvalue weighted by Crippen LogP contribution is 2.03. The summed E-state index contributed by atoms with van der Waals surface area (Å²) in [6.07, 6.45) is 3.19. The van der Waals surface area contributed by atoms with Crippen LogP contribution < -0.4 is 5.32 Å². The summed E-state index contributed by atoms with van der Waals surface area (Å²) in [6.45, 7) is 5.45. The van der Waals surface area contributed by atoms with Gasteiger partial charge in [-0.15, -0.1) is 6.58 Å². The number of hydrogen-bond acceptors (Lipinski definition) is 3. The Kier molecular flexibility index (Phi) is 5.10. The van der Waals surface area contributed by atoms with Gasteiger partial charge in [0.25, 0.3) is 5.91 Å². The summed E-state index contributed by atoms with van der Waals surface area (Å²) >= 11 is 0. The molecule has 98 valence electrons. The lowest BCUT2D eigenvalue weighted by atomic mass is 10.1. The van der Waals surface area contributed by atoms with E-state index in [-0.39, 0.29) is 5.69 Å². The SMILES string of the molecule is C=CCCC(NC(=O)c1cc(CC)[nH]n1)C(=O)O. The lowest BCUT2D eigenvalue weighted by molar-refractivity contribution is -0.139. The molecule has 18 heavy (non-hydrogen) atoms. The second-order valence-corrected chi connectivity index (χ2v) is 3.86. The number of rotatable bonds is 7. The molecule has 0 aliphatic rings. The molecule has 1 amide bonds. The van der Waals surface area contributed by atoms with E-state index in [2.05, 4.69) is 22.1 Å². The second-order valence-electron chi connectivity index (χ2n) is 3.86. The fourth-order valence-corrected chi connectivity index (χ4v) is 1.43. The van der Waals surface area contributed by atoms with Crippen molar-refractivity contribution in [2.45, 2.75) is 32.2 Å².